The van der Waals surface area contributed by atoms with Crippen molar-refractivity contribution < 1.29 is 4.79 Å². The summed E-state index contributed by atoms with van der Waals surface area (Å²) in [5, 5.41) is 10.9. The first kappa shape index (κ1) is 17.0. The maximum absolute atomic E-state index is 12.4. The fraction of sp³-hybridized carbons (Fsp3) is 0.263. The second kappa shape index (κ2) is 7.45. The van der Waals surface area contributed by atoms with Crippen LogP contribution in [0.4, 0.5) is 5.69 Å². The monoisotopic (exact) mass is 364 g/mol. The number of nitrogens with one attached hydrogen (secondary N) is 1. The number of hydrogen-bond donors (Lipinski definition) is 1. The number of hydrogen-bond acceptors (Lipinski definition) is 5. The van der Waals surface area contributed by atoms with Gasteiger partial charge in [0, 0.05) is 50.2 Å². The molecular weight excluding hydrogens is 344 g/mol. The van der Waals surface area contributed by atoms with Crippen LogP contribution in [0.5, 0.6) is 0 Å². The van der Waals surface area contributed by atoms with Crippen LogP contribution >= 0.6 is 0 Å². The van der Waals surface area contributed by atoms with Gasteiger partial charge in [0.25, 0.3) is 5.56 Å². The smallest absolute Gasteiger partial charge is 0.266 e. The Kier molecular flexibility index (Phi) is 4.69. The van der Waals surface area contributed by atoms with E-state index in [1.807, 2.05) is 35.2 Å². The SMILES string of the molecule is O=C(Cn1cccn1)N1CCN(c2cc(=O)[nH]nc2-c2ccccc2)CC1. The quantitative estimate of drug-likeness (QED) is 0.746. The summed E-state index contributed by atoms with van der Waals surface area (Å²) in [7, 11) is 0. The average molecular weight is 364 g/mol. The van der Waals surface area contributed by atoms with Gasteiger partial charge in [0.2, 0.25) is 5.91 Å². The van der Waals surface area contributed by atoms with Gasteiger partial charge in [0.1, 0.15) is 12.2 Å². The first-order valence-corrected chi connectivity index (χ1v) is 8.86. The zero-order chi connectivity index (χ0) is 18.6. The van der Waals surface area contributed by atoms with Crippen molar-refractivity contribution in [3.63, 3.8) is 0 Å². The maximum Gasteiger partial charge on any atom is 0.266 e. The van der Waals surface area contributed by atoms with Crippen LogP contribution in [0.15, 0.2) is 59.7 Å². The molecule has 0 radical (unpaired) electrons. The van der Waals surface area contributed by atoms with Gasteiger partial charge in [-0.05, 0) is 6.07 Å². The van der Waals surface area contributed by atoms with Crippen LogP contribution in [-0.4, -0.2) is 57.0 Å². The molecule has 1 amide bonds. The molecule has 1 aromatic carbocycles. The van der Waals surface area contributed by atoms with Gasteiger partial charge in [0.15, 0.2) is 0 Å². The fourth-order valence-corrected chi connectivity index (χ4v) is 3.27. The molecule has 3 aromatic rings. The van der Waals surface area contributed by atoms with Crippen LogP contribution in [0, 0.1) is 0 Å². The highest BCUT2D eigenvalue weighted by Crippen LogP contribution is 2.27. The minimum absolute atomic E-state index is 0.0469. The van der Waals surface area contributed by atoms with Gasteiger partial charge in [-0.3, -0.25) is 14.3 Å². The number of benzene rings is 1. The number of amides is 1. The van der Waals surface area contributed by atoms with Crippen LogP contribution in [0.25, 0.3) is 11.3 Å². The highest BCUT2D eigenvalue weighted by Gasteiger charge is 2.24. The molecule has 8 nitrogen and oxygen atoms in total. The van der Waals surface area contributed by atoms with Crippen molar-refractivity contribution in [2.24, 2.45) is 0 Å². The van der Waals surface area contributed by atoms with E-state index in [9.17, 15) is 9.59 Å². The van der Waals surface area contributed by atoms with Crippen molar-refractivity contribution >= 4 is 11.6 Å². The number of H-pyrrole nitrogens is 1. The number of piperazine rings is 1. The molecule has 4 rings (SSSR count). The highest BCUT2D eigenvalue weighted by atomic mass is 16.2. The first-order valence-electron chi connectivity index (χ1n) is 8.86. The fourth-order valence-electron chi connectivity index (χ4n) is 3.27. The largest absolute Gasteiger partial charge is 0.366 e. The number of rotatable bonds is 4. The van der Waals surface area contributed by atoms with E-state index >= 15 is 0 Å². The van der Waals surface area contributed by atoms with Crippen LogP contribution in [0.1, 0.15) is 0 Å². The lowest BCUT2D eigenvalue weighted by Crippen LogP contribution is -2.50. The van der Waals surface area contributed by atoms with Gasteiger partial charge in [-0.1, -0.05) is 30.3 Å². The Balaban J connectivity index is 1.49. The van der Waals surface area contributed by atoms with Gasteiger partial charge >= 0.3 is 0 Å². The molecule has 1 aliphatic heterocycles. The first-order chi connectivity index (χ1) is 13.2. The van der Waals surface area contributed by atoms with E-state index in [0.29, 0.717) is 26.2 Å². The van der Waals surface area contributed by atoms with E-state index in [1.54, 1.807) is 29.2 Å². The number of anilines is 1. The van der Waals surface area contributed by atoms with Crippen molar-refractivity contribution in [3.05, 3.63) is 65.2 Å². The third kappa shape index (κ3) is 3.74. The van der Waals surface area contributed by atoms with Gasteiger partial charge in [-0.25, -0.2) is 5.10 Å². The van der Waals surface area contributed by atoms with Crippen molar-refractivity contribution in [1.82, 2.24) is 24.9 Å². The lowest BCUT2D eigenvalue weighted by molar-refractivity contribution is -0.132. The molecule has 0 aliphatic carbocycles. The van der Waals surface area contributed by atoms with E-state index < -0.39 is 0 Å². The van der Waals surface area contributed by atoms with E-state index in [2.05, 4.69) is 20.2 Å². The molecule has 0 spiro atoms. The number of nitrogens with zero attached hydrogens (tertiary/aromatic N) is 5. The molecule has 8 heteroatoms. The van der Waals surface area contributed by atoms with Gasteiger partial charge in [0.05, 0.1) is 5.69 Å². The zero-order valence-electron chi connectivity index (χ0n) is 14.8. The summed E-state index contributed by atoms with van der Waals surface area (Å²) in [6, 6.07) is 13.1. The summed E-state index contributed by atoms with van der Waals surface area (Å²) < 4.78 is 1.63. The molecule has 1 N–H and O–H groups in total. The van der Waals surface area contributed by atoms with Crippen molar-refractivity contribution in [2.45, 2.75) is 6.54 Å². The Bertz CT molecular complexity index is 959. The molecule has 0 unspecified atom stereocenters. The molecule has 0 bridgehead atoms. The maximum atomic E-state index is 12.4. The summed E-state index contributed by atoms with van der Waals surface area (Å²) >= 11 is 0. The normalized spacial score (nSPS) is 14.4. The summed E-state index contributed by atoms with van der Waals surface area (Å²) in [4.78, 5) is 28.2. The Hall–Kier alpha value is -3.42. The second-order valence-electron chi connectivity index (χ2n) is 6.40. The molecular formula is C19H20N6O2. The van der Waals surface area contributed by atoms with Crippen LogP contribution in [0.2, 0.25) is 0 Å². The molecule has 1 saturated heterocycles. The van der Waals surface area contributed by atoms with Crippen LogP contribution in [0.3, 0.4) is 0 Å². The molecule has 27 heavy (non-hydrogen) atoms. The van der Waals surface area contributed by atoms with Gasteiger partial charge in [-0.15, -0.1) is 0 Å². The predicted molar refractivity (Wildman–Crippen MR) is 101 cm³/mol. The predicted octanol–water partition coefficient (Wildman–Crippen LogP) is 0.982. The average Bonchev–Trinajstić information content (AvgIpc) is 3.22. The number of carbonyl (C=O) groups excluding carboxylic acids is 1. The Labute approximate surface area is 156 Å². The lowest BCUT2D eigenvalue weighted by Gasteiger charge is -2.36. The minimum Gasteiger partial charge on any atom is -0.366 e. The van der Waals surface area contributed by atoms with E-state index in [-0.39, 0.29) is 18.0 Å². The van der Waals surface area contributed by atoms with Gasteiger partial charge in [-0.2, -0.15) is 10.2 Å². The molecule has 0 saturated carbocycles. The summed E-state index contributed by atoms with van der Waals surface area (Å²) in [6.07, 6.45) is 3.44. The second-order valence-corrected chi connectivity index (χ2v) is 6.40. The van der Waals surface area contributed by atoms with Crippen molar-refractivity contribution in [2.75, 3.05) is 31.1 Å². The zero-order valence-corrected chi connectivity index (χ0v) is 14.8. The van der Waals surface area contributed by atoms with Crippen LogP contribution < -0.4 is 10.5 Å². The van der Waals surface area contributed by atoms with Crippen molar-refractivity contribution in [3.8, 4) is 11.3 Å². The third-order valence-electron chi connectivity index (χ3n) is 4.67. The summed E-state index contributed by atoms with van der Waals surface area (Å²) in [6.45, 7) is 2.74. The third-order valence-corrected chi connectivity index (χ3v) is 4.67. The van der Waals surface area contributed by atoms with E-state index in [1.165, 1.54) is 0 Å². The molecule has 1 fully saturated rings. The Morgan fingerprint density at radius 1 is 1.07 bits per heavy atom. The molecule has 138 valence electrons. The topological polar surface area (TPSA) is 87.1 Å². The standard InChI is InChI=1S/C19H20N6O2/c26-17-13-16(19(22-21-17)15-5-2-1-3-6-15)23-9-11-24(12-10-23)18(27)14-25-8-4-7-20-25/h1-8,13H,9-12,14H2,(H,21,26). The van der Waals surface area contributed by atoms with E-state index in [0.717, 1.165) is 16.9 Å². The highest BCUT2D eigenvalue weighted by molar-refractivity contribution is 5.77. The lowest BCUT2D eigenvalue weighted by atomic mass is 10.1. The molecule has 2 aromatic heterocycles. The molecule has 3 heterocycles. The number of carbonyl (C=O) groups is 1. The number of aromatic nitrogens is 4. The summed E-state index contributed by atoms with van der Waals surface area (Å²) in [5.41, 5.74) is 2.25. The molecule has 0 atom stereocenters. The van der Waals surface area contributed by atoms with Gasteiger partial charge < -0.3 is 9.80 Å². The number of aromatic amines is 1. The van der Waals surface area contributed by atoms with Crippen LogP contribution in [-0.2, 0) is 11.3 Å². The Morgan fingerprint density at radius 3 is 2.56 bits per heavy atom. The van der Waals surface area contributed by atoms with Crippen molar-refractivity contribution in [1.29, 1.82) is 0 Å². The van der Waals surface area contributed by atoms with E-state index in [4.69, 9.17) is 0 Å². The summed E-state index contributed by atoms with van der Waals surface area (Å²) in [5.74, 6) is 0.0469. The minimum atomic E-state index is -0.234. The Morgan fingerprint density at radius 2 is 1.85 bits per heavy atom. The molecule has 1 aliphatic rings.